The Morgan fingerprint density at radius 1 is 1.62 bits per heavy atom. The molecule has 0 saturated carbocycles. The summed E-state index contributed by atoms with van der Waals surface area (Å²) < 4.78 is 0. The summed E-state index contributed by atoms with van der Waals surface area (Å²) in [5, 5.41) is 8.86. The number of hydrogen-bond acceptors (Lipinski definition) is 3. The van der Waals surface area contributed by atoms with E-state index in [1.807, 2.05) is 31.1 Å². The smallest absolute Gasteiger partial charge is 0.101 e. The van der Waals surface area contributed by atoms with Gasteiger partial charge in [-0.25, -0.2) is 0 Å². The van der Waals surface area contributed by atoms with Gasteiger partial charge in [-0.3, -0.25) is 4.98 Å². The maximum absolute atomic E-state index is 8.86. The van der Waals surface area contributed by atoms with Gasteiger partial charge in [0.1, 0.15) is 6.07 Å². The minimum Gasteiger partial charge on any atom is -0.382 e. The second-order valence-corrected chi connectivity index (χ2v) is 2.86. The highest BCUT2D eigenvalue weighted by atomic mass is 15.0. The van der Waals surface area contributed by atoms with Gasteiger partial charge in [0.15, 0.2) is 0 Å². The summed E-state index contributed by atoms with van der Waals surface area (Å²) in [6.07, 6.45) is 5.14. The number of nitriles is 1. The largest absolute Gasteiger partial charge is 0.382 e. The van der Waals surface area contributed by atoms with E-state index in [4.69, 9.17) is 5.26 Å². The molecule has 0 aliphatic carbocycles. The molecule has 13 heavy (non-hydrogen) atoms. The monoisotopic (exact) mass is 173 g/mol. The van der Waals surface area contributed by atoms with E-state index in [2.05, 4.69) is 11.1 Å². The molecule has 0 aliphatic rings. The normalized spacial score (nSPS) is 10.7. The summed E-state index contributed by atoms with van der Waals surface area (Å²) in [7, 11) is 3.77. The van der Waals surface area contributed by atoms with Crippen molar-refractivity contribution in [3.05, 3.63) is 36.3 Å². The molecule has 3 nitrogen and oxygen atoms in total. The van der Waals surface area contributed by atoms with E-state index in [1.54, 1.807) is 18.6 Å². The van der Waals surface area contributed by atoms with Gasteiger partial charge in [-0.15, -0.1) is 0 Å². The minimum atomic E-state index is 0.623. The van der Waals surface area contributed by atoms with Crippen molar-refractivity contribution in [3.8, 4) is 6.07 Å². The lowest BCUT2D eigenvalue weighted by Gasteiger charge is -2.05. The van der Waals surface area contributed by atoms with E-state index in [-0.39, 0.29) is 0 Å². The highest BCUT2D eigenvalue weighted by Gasteiger charge is 1.99. The zero-order chi connectivity index (χ0) is 9.68. The van der Waals surface area contributed by atoms with Crippen LogP contribution < -0.4 is 0 Å². The first-order valence-electron chi connectivity index (χ1n) is 3.93. The first-order chi connectivity index (χ1) is 6.24. The maximum atomic E-state index is 8.86. The zero-order valence-electron chi connectivity index (χ0n) is 7.73. The summed E-state index contributed by atoms with van der Waals surface area (Å²) in [6.45, 7) is 0. The molecule has 0 fully saturated rings. The van der Waals surface area contributed by atoms with E-state index in [0.717, 1.165) is 5.56 Å². The molecule has 1 heterocycles. The van der Waals surface area contributed by atoms with E-state index >= 15 is 0 Å². The fourth-order valence-electron chi connectivity index (χ4n) is 0.948. The lowest BCUT2D eigenvalue weighted by atomic mass is 10.1. The molecule has 0 aromatic carbocycles. The van der Waals surface area contributed by atoms with Gasteiger partial charge in [0.25, 0.3) is 0 Å². The van der Waals surface area contributed by atoms with Crippen LogP contribution in [-0.2, 0) is 0 Å². The standard InChI is InChI=1S/C10H11N3/c1-13(2)8-10(6-11)9-4-3-5-12-7-9/h3-5,7-8H,1-2H3. The van der Waals surface area contributed by atoms with Crippen molar-refractivity contribution in [2.24, 2.45) is 0 Å². The van der Waals surface area contributed by atoms with Gasteiger partial charge in [0.05, 0.1) is 5.57 Å². The van der Waals surface area contributed by atoms with Crippen molar-refractivity contribution in [2.45, 2.75) is 0 Å². The lowest BCUT2D eigenvalue weighted by Crippen LogP contribution is -2.02. The van der Waals surface area contributed by atoms with Crippen LogP contribution in [0.5, 0.6) is 0 Å². The highest BCUT2D eigenvalue weighted by Crippen LogP contribution is 2.11. The molecule has 1 rings (SSSR count). The van der Waals surface area contributed by atoms with Crippen molar-refractivity contribution in [2.75, 3.05) is 14.1 Å². The van der Waals surface area contributed by atoms with E-state index in [1.165, 1.54) is 0 Å². The summed E-state index contributed by atoms with van der Waals surface area (Å²) in [5.74, 6) is 0. The van der Waals surface area contributed by atoms with Crippen LogP contribution in [-0.4, -0.2) is 24.0 Å². The molecular formula is C10H11N3. The molecule has 66 valence electrons. The summed E-state index contributed by atoms with van der Waals surface area (Å²) in [4.78, 5) is 5.79. The Labute approximate surface area is 77.9 Å². The molecule has 1 aromatic rings. The first kappa shape index (κ1) is 9.27. The van der Waals surface area contributed by atoms with Gasteiger partial charge in [-0.1, -0.05) is 6.07 Å². The average Bonchev–Trinajstić information content (AvgIpc) is 2.15. The van der Waals surface area contributed by atoms with Crippen molar-refractivity contribution >= 4 is 5.57 Å². The summed E-state index contributed by atoms with van der Waals surface area (Å²) >= 11 is 0. The van der Waals surface area contributed by atoms with Crippen molar-refractivity contribution < 1.29 is 0 Å². The zero-order valence-corrected chi connectivity index (χ0v) is 7.73. The number of nitrogens with zero attached hydrogens (tertiary/aromatic N) is 3. The third kappa shape index (κ3) is 2.60. The number of pyridine rings is 1. The summed E-state index contributed by atoms with van der Waals surface area (Å²) in [6, 6.07) is 5.81. The number of rotatable bonds is 2. The highest BCUT2D eigenvalue weighted by molar-refractivity contribution is 5.75. The second-order valence-electron chi connectivity index (χ2n) is 2.86. The molecule has 0 saturated heterocycles. The molecule has 0 unspecified atom stereocenters. The van der Waals surface area contributed by atoms with Gasteiger partial charge < -0.3 is 4.90 Å². The molecule has 0 atom stereocenters. The van der Waals surface area contributed by atoms with Gasteiger partial charge in [0.2, 0.25) is 0 Å². The number of hydrogen-bond donors (Lipinski definition) is 0. The number of aromatic nitrogens is 1. The van der Waals surface area contributed by atoms with Crippen LogP contribution in [0.15, 0.2) is 30.7 Å². The van der Waals surface area contributed by atoms with Crippen LogP contribution in [0.1, 0.15) is 5.56 Å². The molecule has 0 N–H and O–H groups in total. The Balaban J connectivity index is 3.00. The van der Waals surface area contributed by atoms with Gasteiger partial charge in [0, 0.05) is 38.3 Å². The molecular weight excluding hydrogens is 162 g/mol. The van der Waals surface area contributed by atoms with Crippen LogP contribution >= 0.6 is 0 Å². The van der Waals surface area contributed by atoms with Crippen LogP contribution in [0.2, 0.25) is 0 Å². The Morgan fingerprint density at radius 3 is 2.85 bits per heavy atom. The van der Waals surface area contributed by atoms with Gasteiger partial charge in [-0.05, 0) is 6.07 Å². The molecule has 3 heteroatoms. The van der Waals surface area contributed by atoms with Crippen LogP contribution in [0, 0.1) is 11.3 Å². The Bertz CT molecular complexity index is 333. The molecule has 0 spiro atoms. The SMILES string of the molecule is CN(C)C=C(C#N)c1cccnc1. The van der Waals surface area contributed by atoms with Crippen molar-refractivity contribution in [3.63, 3.8) is 0 Å². The van der Waals surface area contributed by atoms with Crippen molar-refractivity contribution in [1.29, 1.82) is 5.26 Å². The fourth-order valence-corrected chi connectivity index (χ4v) is 0.948. The predicted molar refractivity (Wildman–Crippen MR) is 51.5 cm³/mol. The number of allylic oxidation sites excluding steroid dienone is 1. The molecule has 1 aromatic heterocycles. The molecule has 0 amide bonds. The van der Waals surface area contributed by atoms with Crippen LogP contribution in [0.3, 0.4) is 0 Å². The topological polar surface area (TPSA) is 39.9 Å². The maximum Gasteiger partial charge on any atom is 0.101 e. The van der Waals surface area contributed by atoms with Crippen molar-refractivity contribution in [1.82, 2.24) is 9.88 Å². The van der Waals surface area contributed by atoms with Crippen LogP contribution in [0.4, 0.5) is 0 Å². The third-order valence-electron chi connectivity index (χ3n) is 1.48. The average molecular weight is 173 g/mol. The van der Waals surface area contributed by atoms with Gasteiger partial charge in [-0.2, -0.15) is 5.26 Å². The fraction of sp³-hybridized carbons (Fsp3) is 0.200. The first-order valence-corrected chi connectivity index (χ1v) is 3.93. The second kappa shape index (κ2) is 4.27. The quantitative estimate of drug-likeness (QED) is 0.636. The van der Waals surface area contributed by atoms with E-state index < -0.39 is 0 Å². The lowest BCUT2D eigenvalue weighted by molar-refractivity contribution is 0.566. The van der Waals surface area contributed by atoms with E-state index in [0.29, 0.717) is 5.57 Å². The molecule has 0 bridgehead atoms. The Hall–Kier alpha value is -1.82. The molecule has 0 aliphatic heterocycles. The Kier molecular flexibility index (Phi) is 3.04. The Morgan fingerprint density at radius 2 is 2.38 bits per heavy atom. The summed E-state index contributed by atoms with van der Waals surface area (Å²) in [5.41, 5.74) is 1.47. The minimum absolute atomic E-state index is 0.623. The third-order valence-corrected chi connectivity index (χ3v) is 1.48. The van der Waals surface area contributed by atoms with Crippen LogP contribution in [0.25, 0.3) is 5.57 Å². The van der Waals surface area contributed by atoms with Gasteiger partial charge >= 0.3 is 0 Å². The predicted octanol–water partition coefficient (Wildman–Crippen LogP) is 1.51. The van der Waals surface area contributed by atoms with E-state index in [9.17, 15) is 0 Å². The molecule has 0 radical (unpaired) electrons.